The van der Waals surface area contributed by atoms with Gasteiger partial charge in [0.05, 0.1) is 5.56 Å². The minimum atomic E-state index is -0.110. The van der Waals surface area contributed by atoms with E-state index in [2.05, 4.69) is 28.5 Å². The van der Waals surface area contributed by atoms with Gasteiger partial charge in [-0.2, -0.15) is 0 Å². The van der Waals surface area contributed by atoms with Gasteiger partial charge in [0.2, 0.25) is 0 Å². The van der Waals surface area contributed by atoms with Gasteiger partial charge in [-0.1, -0.05) is 6.92 Å². The summed E-state index contributed by atoms with van der Waals surface area (Å²) < 4.78 is 0. The van der Waals surface area contributed by atoms with Crippen LogP contribution in [0.4, 0.5) is 16.2 Å². The van der Waals surface area contributed by atoms with Gasteiger partial charge in [-0.25, -0.2) is 4.79 Å². The van der Waals surface area contributed by atoms with Crippen molar-refractivity contribution in [3.63, 3.8) is 0 Å². The van der Waals surface area contributed by atoms with E-state index in [1.165, 1.54) is 19.3 Å². The van der Waals surface area contributed by atoms with Crippen molar-refractivity contribution in [3.8, 4) is 0 Å². The molecule has 0 radical (unpaired) electrons. The van der Waals surface area contributed by atoms with Crippen LogP contribution in [0.3, 0.4) is 0 Å². The van der Waals surface area contributed by atoms with E-state index in [0.29, 0.717) is 0 Å². The van der Waals surface area contributed by atoms with Gasteiger partial charge in [0.15, 0.2) is 0 Å². The number of rotatable bonds is 4. The van der Waals surface area contributed by atoms with Crippen LogP contribution in [-0.4, -0.2) is 48.6 Å². The zero-order chi connectivity index (χ0) is 23.3. The molecule has 2 heterocycles. The monoisotopic (exact) mass is 464 g/mol. The van der Waals surface area contributed by atoms with Crippen LogP contribution in [0, 0.1) is 23.7 Å². The van der Waals surface area contributed by atoms with Crippen LogP contribution in [0.25, 0.3) is 0 Å². The van der Waals surface area contributed by atoms with E-state index in [1.54, 1.807) is 0 Å². The Morgan fingerprint density at radius 1 is 0.912 bits per heavy atom. The van der Waals surface area contributed by atoms with Crippen molar-refractivity contribution in [3.05, 3.63) is 23.8 Å². The standard InChI is InChI=1S/C28H40N4O2/c1-19-6-10-31(11-7-19)25-5-4-23(15-24(25)26(33)32-8-2-3-9-32)29-27(34)30-28-16-20-12-21(17-28)14-22(13-20)18-28/h4-5,15,19-22H,2-3,6-14,16-18H2,1H3,(H2,29,30,34). The number of hydrogen-bond donors (Lipinski definition) is 2. The van der Waals surface area contributed by atoms with Crippen LogP contribution in [0.2, 0.25) is 0 Å². The second-order valence-electron chi connectivity index (χ2n) is 12.2. The van der Waals surface area contributed by atoms with Gasteiger partial charge in [-0.15, -0.1) is 0 Å². The van der Waals surface area contributed by atoms with Crippen LogP contribution >= 0.6 is 0 Å². The first-order valence-electron chi connectivity index (χ1n) is 13.7. The molecule has 2 aliphatic heterocycles. The molecular weight excluding hydrogens is 424 g/mol. The third-order valence-electron chi connectivity index (χ3n) is 9.42. The molecule has 34 heavy (non-hydrogen) atoms. The third-order valence-corrected chi connectivity index (χ3v) is 9.42. The summed E-state index contributed by atoms with van der Waals surface area (Å²) in [5, 5.41) is 6.50. The lowest BCUT2D eigenvalue weighted by Crippen LogP contribution is -2.60. The number of carbonyl (C=O) groups is 2. The number of benzene rings is 1. The first-order valence-corrected chi connectivity index (χ1v) is 13.7. The second kappa shape index (κ2) is 8.76. The summed E-state index contributed by atoms with van der Waals surface area (Å²) in [5.74, 6) is 3.23. The van der Waals surface area contributed by atoms with Crippen LogP contribution in [-0.2, 0) is 0 Å². The molecule has 4 aliphatic carbocycles. The number of piperidine rings is 1. The van der Waals surface area contributed by atoms with E-state index >= 15 is 0 Å². The van der Waals surface area contributed by atoms with Gasteiger partial charge in [0.1, 0.15) is 0 Å². The molecule has 0 spiro atoms. The maximum atomic E-state index is 13.5. The van der Waals surface area contributed by atoms with E-state index in [4.69, 9.17) is 0 Å². The molecule has 0 aromatic heterocycles. The zero-order valence-corrected chi connectivity index (χ0v) is 20.7. The highest BCUT2D eigenvalue weighted by atomic mass is 16.2. The van der Waals surface area contributed by atoms with Crippen molar-refractivity contribution < 1.29 is 9.59 Å². The van der Waals surface area contributed by atoms with E-state index in [9.17, 15) is 9.59 Å². The first-order chi connectivity index (χ1) is 16.5. The Morgan fingerprint density at radius 2 is 1.53 bits per heavy atom. The molecule has 0 unspecified atom stereocenters. The molecule has 2 saturated heterocycles. The molecule has 1 aromatic rings. The molecule has 6 fully saturated rings. The average Bonchev–Trinajstić information content (AvgIpc) is 3.33. The molecule has 3 amide bonds. The second-order valence-corrected chi connectivity index (χ2v) is 12.2. The highest BCUT2D eigenvalue weighted by Gasteiger charge is 2.51. The fourth-order valence-corrected chi connectivity index (χ4v) is 8.07. The Balaban J connectivity index is 1.20. The molecular formula is C28H40N4O2. The molecule has 4 bridgehead atoms. The summed E-state index contributed by atoms with van der Waals surface area (Å²) in [6, 6.07) is 5.85. The van der Waals surface area contributed by atoms with Gasteiger partial charge < -0.3 is 20.4 Å². The number of hydrogen-bond acceptors (Lipinski definition) is 3. The fourth-order valence-electron chi connectivity index (χ4n) is 8.07. The van der Waals surface area contributed by atoms with Crippen molar-refractivity contribution in [1.82, 2.24) is 10.2 Å². The van der Waals surface area contributed by atoms with Gasteiger partial charge in [0, 0.05) is 43.1 Å². The number of urea groups is 1. The van der Waals surface area contributed by atoms with Crippen molar-refractivity contribution in [2.45, 2.75) is 76.7 Å². The largest absolute Gasteiger partial charge is 0.371 e. The third kappa shape index (κ3) is 4.29. The summed E-state index contributed by atoms with van der Waals surface area (Å²) in [4.78, 5) is 31.0. The molecule has 6 heteroatoms. The summed E-state index contributed by atoms with van der Waals surface area (Å²) in [6.07, 6.45) is 12.0. The van der Waals surface area contributed by atoms with Gasteiger partial charge in [0.25, 0.3) is 5.91 Å². The molecule has 4 saturated carbocycles. The normalized spacial score (nSPS) is 32.8. The molecule has 6 nitrogen and oxygen atoms in total. The van der Waals surface area contributed by atoms with Gasteiger partial charge in [-0.05, 0) is 106 Å². The van der Waals surface area contributed by atoms with Crippen molar-refractivity contribution in [2.24, 2.45) is 23.7 Å². The summed E-state index contributed by atoms with van der Waals surface area (Å²) in [7, 11) is 0. The van der Waals surface area contributed by atoms with Crippen molar-refractivity contribution in [2.75, 3.05) is 36.4 Å². The smallest absolute Gasteiger partial charge is 0.319 e. The lowest BCUT2D eigenvalue weighted by atomic mass is 9.53. The average molecular weight is 465 g/mol. The topological polar surface area (TPSA) is 64.7 Å². The van der Waals surface area contributed by atoms with Crippen LogP contribution in [0.5, 0.6) is 0 Å². The Hall–Kier alpha value is -2.24. The van der Waals surface area contributed by atoms with E-state index in [0.717, 1.165) is 112 Å². The summed E-state index contributed by atoms with van der Waals surface area (Å²) >= 11 is 0. The highest BCUT2D eigenvalue weighted by Crippen LogP contribution is 2.55. The van der Waals surface area contributed by atoms with Crippen LogP contribution in [0.1, 0.15) is 81.5 Å². The lowest BCUT2D eigenvalue weighted by Gasteiger charge is -2.56. The molecule has 1 aromatic carbocycles. The minimum absolute atomic E-state index is 0.0164. The number of carbonyl (C=O) groups excluding carboxylic acids is 2. The molecule has 0 atom stereocenters. The molecule has 7 rings (SSSR count). The number of nitrogens with one attached hydrogen (secondary N) is 2. The lowest BCUT2D eigenvalue weighted by molar-refractivity contribution is -0.0127. The van der Waals surface area contributed by atoms with Crippen LogP contribution in [0.15, 0.2) is 18.2 Å². The van der Waals surface area contributed by atoms with E-state index < -0.39 is 0 Å². The Labute approximate surface area is 203 Å². The predicted octanol–water partition coefficient (Wildman–Crippen LogP) is 5.25. The zero-order valence-electron chi connectivity index (χ0n) is 20.7. The summed E-state index contributed by atoms with van der Waals surface area (Å²) in [6.45, 7) is 5.95. The van der Waals surface area contributed by atoms with Crippen LogP contribution < -0.4 is 15.5 Å². The maximum absolute atomic E-state index is 13.5. The minimum Gasteiger partial charge on any atom is -0.371 e. The number of nitrogens with zero attached hydrogens (tertiary/aromatic N) is 2. The number of anilines is 2. The predicted molar refractivity (Wildman–Crippen MR) is 135 cm³/mol. The maximum Gasteiger partial charge on any atom is 0.319 e. The molecule has 184 valence electrons. The van der Waals surface area contributed by atoms with Gasteiger partial charge in [-0.3, -0.25) is 4.79 Å². The van der Waals surface area contributed by atoms with E-state index in [1.807, 2.05) is 17.0 Å². The van der Waals surface area contributed by atoms with Gasteiger partial charge >= 0.3 is 6.03 Å². The van der Waals surface area contributed by atoms with E-state index in [-0.39, 0.29) is 17.5 Å². The quantitative estimate of drug-likeness (QED) is 0.640. The summed E-state index contributed by atoms with van der Waals surface area (Å²) in [5.41, 5.74) is 2.47. The Morgan fingerprint density at radius 3 is 2.15 bits per heavy atom. The fraction of sp³-hybridized carbons (Fsp3) is 0.714. The first kappa shape index (κ1) is 22.2. The molecule has 6 aliphatic rings. The number of likely N-dealkylation sites (tertiary alicyclic amines) is 1. The van der Waals surface area contributed by atoms with Crippen molar-refractivity contribution in [1.29, 1.82) is 0 Å². The number of amides is 3. The Kier molecular flexibility index (Phi) is 5.73. The van der Waals surface area contributed by atoms with Crippen molar-refractivity contribution >= 4 is 23.3 Å². The Bertz CT molecular complexity index is 910. The SMILES string of the molecule is CC1CCN(c2ccc(NC(=O)NC34CC5CC(CC(C5)C3)C4)cc2C(=O)N2CCCC2)CC1. The highest BCUT2D eigenvalue weighted by molar-refractivity contribution is 6.02. The molecule has 2 N–H and O–H groups in total.